The third-order valence-corrected chi connectivity index (χ3v) is 6.28. The maximum absolute atomic E-state index is 12.7. The Morgan fingerprint density at radius 1 is 1.19 bits per heavy atom. The number of carbonyl (C=O) groups excluding carboxylic acids is 2. The molecule has 4 N–H and O–H groups in total. The molecule has 1 aromatic carbocycles. The molecule has 6 nitrogen and oxygen atoms in total. The Morgan fingerprint density at radius 2 is 1.93 bits per heavy atom. The Kier molecular flexibility index (Phi) is 6.50. The van der Waals surface area contributed by atoms with E-state index in [-0.39, 0.29) is 23.8 Å². The van der Waals surface area contributed by atoms with Gasteiger partial charge in [-0.25, -0.2) is 0 Å². The average molecular weight is 373 g/mol. The van der Waals surface area contributed by atoms with Crippen molar-refractivity contribution in [1.82, 2.24) is 10.2 Å². The molecule has 148 valence electrons. The summed E-state index contributed by atoms with van der Waals surface area (Å²) in [5.74, 6) is 0.684. The zero-order valence-corrected chi connectivity index (χ0v) is 16.4. The lowest BCUT2D eigenvalue weighted by atomic mass is 9.84. The summed E-state index contributed by atoms with van der Waals surface area (Å²) < 4.78 is 0. The van der Waals surface area contributed by atoms with E-state index < -0.39 is 0 Å². The first-order valence-electron chi connectivity index (χ1n) is 10.2. The average Bonchev–Trinajstić information content (AvgIpc) is 3.26. The van der Waals surface area contributed by atoms with E-state index in [2.05, 4.69) is 29.4 Å². The predicted octanol–water partition coefficient (Wildman–Crippen LogP) is 2.07. The molecule has 1 aromatic rings. The molecule has 3 rings (SSSR count). The molecule has 6 heteroatoms. The standard InChI is InChI=1S/C21H32N4O2/c1-3-25(4-2)11-10-23-20(26)16-6-5-7-17(13-16)24-21(27)18-14-8-9-15(12-14)19(18)22/h5-7,13-15,18-19H,3-4,8-12,22H2,1-2H3,(H,23,26)(H,24,27). The van der Waals surface area contributed by atoms with Crippen LogP contribution in [0.25, 0.3) is 0 Å². The molecule has 4 unspecified atom stereocenters. The maximum Gasteiger partial charge on any atom is 0.251 e. The lowest BCUT2D eigenvalue weighted by Crippen LogP contribution is -2.42. The first-order valence-corrected chi connectivity index (χ1v) is 10.2. The summed E-state index contributed by atoms with van der Waals surface area (Å²) in [5.41, 5.74) is 7.49. The van der Waals surface area contributed by atoms with Crippen LogP contribution in [-0.4, -0.2) is 48.9 Å². The molecule has 0 spiro atoms. The van der Waals surface area contributed by atoms with Crippen molar-refractivity contribution in [3.05, 3.63) is 29.8 Å². The van der Waals surface area contributed by atoms with Gasteiger partial charge in [0.25, 0.3) is 5.91 Å². The minimum absolute atomic E-state index is 0.00575. The van der Waals surface area contributed by atoms with E-state index in [4.69, 9.17) is 5.73 Å². The highest BCUT2D eigenvalue weighted by atomic mass is 16.2. The van der Waals surface area contributed by atoms with Gasteiger partial charge >= 0.3 is 0 Å². The molecule has 2 saturated carbocycles. The van der Waals surface area contributed by atoms with E-state index in [1.807, 2.05) is 6.07 Å². The summed E-state index contributed by atoms with van der Waals surface area (Å²) in [6.45, 7) is 7.60. The third kappa shape index (κ3) is 4.50. The lowest BCUT2D eigenvalue weighted by Gasteiger charge is -2.27. The third-order valence-electron chi connectivity index (χ3n) is 6.28. The van der Waals surface area contributed by atoms with E-state index in [0.717, 1.165) is 38.9 Å². The summed E-state index contributed by atoms with van der Waals surface area (Å²) in [6, 6.07) is 7.10. The molecule has 2 aliphatic rings. The van der Waals surface area contributed by atoms with Crippen molar-refractivity contribution in [3.63, 3.8) is 0 Å². The van der Waals surface area contributed by atoms with Crippen molar-refractivity contribution in [2.75, 3.05) is 31.5 Å². The van der Waals surface area contributed by atoms with Gasteiger partial charge in [0.15, 0.2) is 0 Å². The molecule has 0 saturated heterocycles. The molecular formula is C21H32N4O2. The number of hydrogen-bond donors (Lipinski definition) is 3. The summed E-state index contributed by atoms with van der Waals surface area (Å²) in [6.07, 6.45) is 3.33. The molecule has 2 aliphatic carbocycles. The highest BCUT2D eigenvalue weighted by Gasteiger charge is 2.49. The van der Waals surface area contributed by atoms with Gasteiger partial charge in [0.05, 0.1) is 5.92 Å². The minimum atomic E-state index is -0.116. The largest absolute Gasteiger partial charge is 0.351 e. The Morgan fingerprint density at radius 3 is 2.59 bits per heavy atom. The SMILES string of the molecule is CCN(CC)CCNC(=O)c1cccc(NC(=O)C2C3CCC(C3)C2N)c1. The van der Waals surface area contributed by atoms with Crippen LogP contribution in [0.2, 0.25) is 0 Å². The molecule has 27 heavy (non-hydrogen) atoms. The van der Waals surface area contributed by atoms with E-state index in [9.17, 15) is 9.59 Å². The van der Waals surface area contributed by atoms with Gasteiger partial charge in [-0.1, -0.05) is 19.9 Å². The number of nitrogens with one attached hydrogen (secondary N) is 2. The molecule has 2 amide bonds. The number of anilines is 1. The number of hydrogen-bond acceptors (Lipinski definition) is 4. The number of nitrogens with zero attached hydrogens (tertiary/aromatic N) is 1. The Labute approximate surface area is 161 Å². The van der Waals surface area contributed by atoms with Crippen LogP contribution < -0.4 is 16.4 Å². The van der Waals surface area contributed by atoms with Gasteiger partial charge in [-0.05, 0) is 62.4 Å². The topological polar surface area (TPSA) is 87.5 Å². The fourth-order valence-corrected chi connectivity index (χ4v) is 4.66. The van der Waals surface area contributed by atoms with Crippen molar-refractivity contribution in [1.29, 1.82) is 0 Å². The Balaban J connectivity index is 1.55. The van der Waals surface area contributed by atoms with Gasteiger partial charge in [-0.2, -0.15) is 0 Å². The van der Waals surface area contributed by atoms with Gasteiger partial charge in [-0.15, -0.1) is 0 Å². The van der Waals surface area contributed by atoms with Crippen LogP contribution in [0, 0.1) is 17.8 Å². The van der Waals surface area contributed by atoms with Crippen LogP contribution in [0.15, 0.2) is 24.3 Å². The van der Waals surface area contributed by atoms with Gasteiger partial charge in [0, 0.05) is 30.4 Å². The summed E-state index contributed by atoms with van der Waals surface area (Å²) in [5, 5.41) is 5.93. The number of carbonyl (C=O) groups is 2. The fraction of sp³-hybridized carbons (Fsp3) is 0.619. The second-order valence-electron chi connectivity index (χ2n) is 7.79. The van der Waals surface area contributed by atoms with Crippen molar-refractivity contribution < 1.29 is 9.59 Å². The van der Waals surface area contributed by atoms with Crippen LogP contribution in [0.3, 0.4) is 0 Å². The van der Waals surface area contributed by atoms with Crippen LogP contribution in [0.4, 0.5) is 5.69 Å². The Hall–Kier alpha value is -1.92. The van der Waals surface area contributed by atoms with E-state index in [1.165, 1.54) is 0 Å². The van der Waals surface area contributed by atoms with Crippen molar-refractivity contribution in [2.24, 2.45) is 23.5 Å². The maximum atomic E-state index is 12.7. The molecule has 0 radical (unpaired) electrons. The smallest absolute Gasteiger partial charge is 0.251 e. The normalized spacial score (nSPS) is 26.4. The summed E-state index contributed by atoms with van der Waals surface area (Å²) >= 11 is 0. The number of nitrogens with two attached hydrogens (primary N) is 1. The number of rotatable bonds is 8. The van der Waals surface area contributed by atoms with Gasteiger partial charge < -0.3 is 21.3 Å². The molecule has 0 heterocycles. The molecule has 4 atom stereocenters. The second kappa shape index (κ2) is 8.85. The Bertz CT molecular complexity index is 672. The van der Waals surface area contributed by atoms with Gasteiger partial charge in [0.2, 0.25) is 5.91 Å². The van der Waals surface area contributed by atoms with E-state index >= 15 is 0 Å². The van der Waals surface area contributed by atoms with Crippen molar-refractivity contribution >= 4 is 17.5 Å². The predicted molar refractivity (Wildman–Crippen MR) is 107 cm³/mol. The van der Waals surface area contributed by atoms with E-state index in [1.54, 1.807) is 18.2 Å². The zero-order chi connectivity index (χ0) is 19.4. The molecule has 2 bridgehead atoms. The number of amides is 2. The second-order valence-corrected chi connectivity index (χ2v) is 7.79. The minimum Gasteiger partial charge on any atom is -0.351 e. The van der Waals surface area contributed by atoms with Crippen LogP contribution in [0.5, 0.6) is 0 Å². The van der Waals surface area contributed by atoms with Gasteiger partial charge in [0.1, 0.15) is 0 Å². The molecule has 2 fully saturated rings. The van der Waals surface area contributed by atoms with Crippen LogP contribution >= 0.6 is 0 Å². The summed E-state index contributed by atoms with van der Waals surface area (Å²) in [7, 11) is 0. The summed E-state index contributed by atoms with van der Waals surface area (Å²) in [4.78, 5) is 27.4. The molecule has 0 aromatic heterocycles. The highest BCUT2D eigenvalue weighted by molar-refractivity contribution is 5.98. The number of fused-ring (bicyclic) bond motifs is 2. The van der Waals surface area contributed by atoms with E-state index in [0.29, 0.717) is 29.6 Å². The van der Waals surface area contributed by atoms with Crippen LogP contribution in [0.1, 0.15) is 43.5 Å². The number of benzene rings is 1. The van der Waals surface area contributed by atoms with Gasteiger partial charge in [-0.3, -0.25) is 9.59 Å². The van der Waals surface area contributed by atoms with Crippen molar-refractivity contribution in [2.45, 2.75) is 39.2 Å². The zero-order valence-electron chi connectivity index (χ0n) is 16.4. The first kappa shape index (κ1) is 19.8. The van der Waals surface area contributed by atoms with Crippen molar-refractivity contribution in [3.8, 4) is 0 Å². The fourth-order valence-electron chi connectivity index (χ4n) is 4.66. The lowest BCUT2D eigenvalue weighted by molar-refractivity contribution is -0.121. The quantitative estimate of drug-likeness (QED) is 0.652. The van der Waals surface area contributed by atoms with Crippen LogP contribution in [-0.2, 0) is 4.79 Å². The molecular weight excluding hydrogens is 340 g/mol. The highest BCUT2D eigenvalue weighted by Crippen LogP contribution is 2.47. The number of likely N-dealkylation sites (N-methyl/N-ethyl adjacent to an activating group) is 1. The molecule has 0 aliphatic heterocycles. The first-order chi connectivity index (χ1) is 13.0. The monoisotopic (exact) mass is 372 g/mol.